The smallest absolute Gasteiger partial charge is 0.184 e. The van der Waals surface area contributed by atoms with Crippen molar-refractivity contribution >= 4 is 11.8 Å². The molecule has 1 unspecified atom stereocenters. The number of methoxy groups -OCH3 is 1. The molecule has 6 heteroatoms. The average Bonchev–Trinajstić information content (AvgIpc) is 2.89. The van der Waals surface area contributed by atoms with Crippen molar-refractivity contribution in [2.45, 2.75) is 10.4 Å². The Morgan fingerprint density at radius 3 is 3.06 bits per heavy atom. The van der Waals surface area contributed by atoms with Gasteiger partial charge in [0.2, 0.25) is 0 Å². The molecule has 2 rings (SSSR count). The zero-order valence-electron chi connectivity index (χ0n) is 9.46. The Balaban J connectivity index is 2.16. The maximum absolute atomic E-state index is 5.79. The van der Waals surface area contributed by atoms with E-state index < -0.39 is 0 Å². The van der Waals surface area contributed by atoms with Crippen molar-refractivity contribution in [1.29, 1.82) is 0 Å². The molecule has 0 saturated carbocycles. The van der Waals surface area contributed by atoms with Crippen LogP contribution in [-0.2, 0) is 0 Å². The number of nitrogens with two attached hydrogens (primary N) is 1. The van der Waals surface area contributed by atoms with Crippen LogP contribution in [0.15, 0.2) is 35.7 Å². The van der Waals surface area contributed by atoms with Crippen molar-refractivity contribution in [3.05, 3.63) is 36.2 Å². The number of nitrogens with one attached hydrogen (secondary N) is 1. The van der Waals surface area contributed by atoms with Gasteiger partial charge in [0, 0.05) is 11.8 Å². The van der Waals surface area contributed by atoms with Gasteiger partial charge in [-0.05, 0) is 17.7 Å². The van der Waals surface area contributed by atoms with Gasteiger partial charge in [-0.3, -0.25) is 5.10 Å². The maximum Gasteiger partial charge on any atom is 0.184 e. The Bertz CT molecular complexity index is 460. The SMILES string of the molecule is COc1cccc(C(CN)Sc2ncn[nH]2)c1. The summed E-state index contributed by atoms with van der Waals surface area (Å²) in [6.07, 6.45) is 1.49. The monoisotopic (exact) mass is 250 g/mol. The summed E-state index contributed by atoms with van der Waals surface area (Å²) in [4.78, 5) is 4.08. The molecule has 0 fully saturated rings. The number of aromatic nitrogens is 3. The number of H-pyrrole nitrogens is 1. The van der Waals surface area contributed by atoms with Crippen molar-refractivity contribution in [3.63, 3.8) is 0 Å². The molecule has 0 radical (unpaired) electrons. The molecule has 17 heavy (non-hydrogen) atoms. The van der Waals surface area contributed by atoms with E-state index >= 15 is 0 Å². The molecule has 1 aromatic carbocycles. The highest BCUT2D eigenvalue weighted by atomic mass is 32.2. The first-order valence-corrected chi connectivity index (χ1v) is 6.07. The van der Waals surface area contributed by atoms with Crippen LogP contribution in [0.1, 0.15) is 10.8 Å². The zero-order valence-corrected chi connectivity index (χ0v) is 10.3. The lowest BCUT2D eigenvalue weighted by Crippen LogP contribution is -2.09. The fraction of sp³-hybridized carbons (Fsp3) is 0.273. The molecule has 2 aromatic rings. The van der Waals surface area contributed by atoms with Gasteiger partial charge in [-0.1, -0.05) is 23.9 Å². The molecule has 3 N–H and O–H groups in total. The molecule has 0 aliphatic heterocycles. The third-order valence-electron chi connectivity index (χ3n) is 2.33. The second kappa shape index (κ2) is 5.70. The van der Waals surface area contributed by atoms with Crippen LogP contribution in [0, 0.1) is 0 Å². The van der Waals surface area contributed by atoms with Gasteiger partial charge < -0.3 is 10.5 Å². The van der Waals surface area contributed by atoms with Crippen molar-refractivity contribution < 1.29 is 4.74 Å². The number of ether oxygens (including phenoxy) is 1. The lowest BCUT2D eigenvalue weighted by Gasteiger charge is -2.13. The van der Waals surface area contributed by atoms with Gasteiger partial charge in [0.1, 0.15) is 12.1 Å². The minimum atomic E-state index is 0.137. The lowest BCUT2D eigenvalue weighted by molar-refractivity contribution is 0.414. The zero-order chi connectivity index (χ0) is 12.1. The molecule has 5 nitrogen and oxygen atoms in total. The van der Waals surface area contributed by atoms with Gasteiger partial charge in [0.15, 0.2) is 5.16 Å². The number of rotatable bonds is 5. The molecule has 1 heterocycles. The van der Waals surface area contributed by atoms with Crippen LogP contribution in [0.4, 0.5) is 0 Å². The molecule has 0 aliphatic rings. The summed E-state index contributed by atoms with van der Waals surface area (Å²) in [5.41, 5.74) is 6.91. The molecule has 1 aromatic heterocycles. The maximum atomic E-state index is 5.79. The predicted molar refractivity (Wildman–Crippen MR) is 67.0 cm³/mol. The van der Waals surface area contributed by atoms with Crippen LogP contribution in [0.3, 0.4) is 0 Å². The van der Waals surface area contributed by atoms with E-state index in [0.29, 0.717) is 6.54 Å². The largest absolute Gasteiger partial charge is 0.497 e. The van der Waals surface area contributed by atoms with Gasteiger partial charge in [0.25, 0.3) is 0 Å². The Labute approximate surface area is 104 Å². The summed E-state index contributed by atoms with van der Waals surface area (Å²) in [7, 11) is 1.65. The van der Waals surface area contributed by atoms with E-state index in [0.717, 1.165) is 16.5 Å². The van der Waals surface area contributed by atoms with E-state index in [1.165, 1.54) is 6.33 Å². The van der Waals surface area contributed by atoms with Crippen LogP contribution in [0.5, 0.6) is 5.75 Å². The molecule has 0 saturated heterocycles. The minimum absolute atomic E-state index is 0.137. The summed E-state index contributed by atoms with van der Waals surface area (Å²) >= 11 is 1.56. The fourth-order valence-electron chi connectivity index (χ4n) is 1.48. The van der Waals surface area contributed by atoms with Gasteiger partial charge in [-0.15, -0.1) is 0 Å². The number of benzene rings is 1. The fourth-order valence-corrected chi connectivity index (χ4v) is 2.34. The van der Waals surface area contributed by atoms with Crippen molar-refractivity contribution in [2.24, 2.45) is 5.73 Å². The quantitative estimate of drug-likeness (QED) is 0.788. The van der Waals surface area contributed by atoms with Crippen molar-refractivity contribution in [2.75, 3.05) is 13.7 Å². The normalized spacial score (nSPS) is 12.4. The summed E-state index contributed by atoms with van der Waals surface area (Å²) < 4.78 is 5.20. The summed E-state index contributed by atoms with van der Waals surface area (Å²) in [5.74, 6) is 0.833. The Hall–Kier alpha value is -1.53. The first-order valence-electron chi connectivity index (χ1n) is 5.19. The van der Waals surface area contributed by atoms with E-state index in [1.807, 2.05) is 24.3 Å². The average molecular weight is 250 g/mol. The summed E-state index contributed by atoms with van der Waals surface area (Å²) in [5, 5.41) is 7.53. The Kier molecular flexibility index (Phi) is 4.00. The second-order valence-corrected chi connectivity index (χ2v) is 4.60. The summed E-state index contributed by atoms with van der Waals surface area (Å²) in [6, 6.07) is 7.89. The van der Waals surface area contributed by atoms with E-state index in [4.69, 9.17) is 10.5 Å². The molecule has 0 amide bonds. The third kappa shape index (κ3) is 2.98. The predicted octanol–water partition coefficient (Wildman–Crippen LogP) is 1.61. The van der Waals surface area contributed by atoms with Gasteiger partial charge in [-0.25, -0.2) is 4.98 Å². The van der Waals surface area contributed by atoms with Gasteiger partial charge in [0.05, 0.1) is 7.11 Å². The number of aromatic amines is 1. The number of hydrogen-bond acceptors (Lipinski definition) is 5. The lowest BCUT2D eigenvalue weighted by atomic mass is 10.1. The van der Waals surface area contributed by atoms with E-state index in [1.54, 1.807) is 18.9 Å². The van der Waals surface area contributed by atoms with Crippen LogP contribution < -0.4 is 10.5 Å². The minimum Gasteiger partial charge on any atom is -0.497 e. The van der Waals surface area contributed by atoms with Crippen molar-refractivity contribution in [1.82, 2.24) is 15.2 Å². The van der Waals surface area contributed by atoms with Crippen LogP contribution >= 0.6 is 11.8 Å². The highest BCUT2D eigenvalue weighted by Crippen LogP contribution is 2.33. The third-order valence-corrected chi connectivity index (χ3v) is 3.50. The first-order chi connectivity index (χ1) is 8.33. The van der Waals surface area contributed by atoms with E-state index in [2.05, 4.69) is 15.2 Å². The summed E-state index contributed by atoms with van der Waals surface area (Å²) in [6.45, 7) is 0.526. The second-order valence-electron chi connectivity index (χ2n) is 3.41. The number of thioether (sulfide) groups is 1. The van der Waals surface area contributed by atoms with Crippen LogP contribution in [0.2, 0.25) is 0 Å². The molecule has 0 spiro atoms. The molecule has 1 atom stereocenters. The molecule has 0 bridgehead atoms. The first kappa shape index (κ1) is 11.9. The van der Waals surface area contributed by atoms with E-state index in [-0.39, 0.29) is 5.25 Å². The molecule has 0 aliphatic carbocycles. The standard InChI is InChI=1S/C11H14N4OS/c1-16-9-4-2-3-8(5-9)10(6-12)17-11-13-7-14-15-11/h2-5,7,10H,6,12H2,1H3,(H,13,14,15). The molecular weight excluding hydrogens is 236 g/mol. The number of nitrogens with zero attached hydrogens (tertiary/aromatic N) is 2. The van der Waals surface area contributed by atoms with E-state index in [9.17, 15) is 0 Å². The highest BCUT2D eigenvalue weighted by molar-refractivity contribution is 7.99. The Morgan fingerprint density at radius 2 is 2.41 bits per heavy atom. The van der Waals surface area contributed by atoms with Crippen LogP contribution in [0.25, 0.3) is 0 Å². The van der Waals surface area contributed by atoms with Crippen molar-refractivity contribution in [3.8, 4) is 5.75 Å². The topological polar surface area (TPSA) is 76.8 Å². The molecule has 90 valence electrons. The van der Waals surface area contributed by atoms with Crippen LogP contribution in [-0.4, -0.2) is 28.8 Å². The Morgan fingerprint density at radius 1 is 1.53 bits per heavy atom. The molecular formula is C11H14N4OS. The van der Waals surface area contributed by atoms with Gasteiger partial charge >= 0.3 is 0 Å². The highest BCUT2D eigenvalue weighted by Gasteiger charge is 2.13. The number of hydrogen-bond donors (Lipinski definition) is 2. The van der Waals surface area contributed by atoms with Gasteiger partial charge in [-0.2, -0.15) is 5.10 Å².